The van der Waals surface area contributed by atoms with E-state index in [0.29, 0.717) is 29.4 Å². The number of anilines is 1. The summed E-state index contributed by atoms with van der Waals surface area (Å²) in [7, 11) is 0. The Morgan fingerprint density at radius 2 is 1.75 bits per heavy atom. The number of aryl methyl sites for hydroxylation is 2. The second-order valence-electron chi connectivity index (χ2n) is 9.37. The molecule has 1 amide bonds. The number of aliphatic hydroxyl groups is 1. The van der Waals surface area contributed by atoms with E-state index in [-0.39, 0.29) is 17.0 Å². The van der Waals surface area contributed by atoms with E-state index in [0.717, 1.165) is 28.2 Å². The number of halogens is 2. The Morgan fingerprint density at radius 1 is 1.00 bits per heavy atom. The first-order chi connectivity index (χ1) is 17.1. The van der Waals surface area contributed by atoms with E-state index in [1.807, 2.05) is 33.8 Å². The van der Waals surface area contributed by atoms with Gasteiger partial charge in [0.2, 0.25) is 0 Å². The van der Waals surface area contributed by atoms with Crippen molar-refractivity contribution in [3.63, 3.8) is 0 Å². The lowest BCUT2D eigenvalue weighted by Crippen LogP contribution is -2.29. The van der Waals surface area contributed by atoms with Crippen LogP contribution in [0.5, 0.6) is 5.75 Å². The monoisotopic (exact) mass is 491 g/mol. The number of ether oxygens (including phenoxy) is 1. The van der Waals surface area contributed by atoms with Gasteiger partial charge < -0.3 is 9.84 Å². The first-order valence-electron chi connectivity index (χ1n) is 11.6. The highest BCUT2D eigenvalue weighted by atomic mass is 19.2. The molecule has 1 aliphatic heterocycles. The minimum absolute atomic E-state index is 0.00942. The molecule has 5 nitrogen and oxygen atoms in total. The number of Topliss-reactive ketones (excluding diaryl/α,β-unsaturated/α-hetero) is 1. The van der Waals surface area contributed by atoms with Crippen molar-refractivity contribution >= 4 is 23.1 Å². The zero-order valence-electron chi connectivity index (χ0n) is 20.5. The number of benzene rings is 3. The molecule has 3 aromatic rings. The van der Waals surface area contributed by atoms with Gasteiger partial charge in [0, 0.05) is 17.3 Å². The summed E-state index contributed by atoms with van der Waals surface area (Å²) in [5.41, 5.74) is 2.38. The number of hydrogen-bond donors (Lipinski definition) is 1. The summed E-state index contributed by atoms with van der Waals surface area (Å²) in [5, 5.41) is 11.3. The quantitative estimate of drug-likeness (QED) is 0.252. The molecular formula is C29H27F2NO4. The van der Waals surface area contributed by atoms with Gasteiger partial charge in [-0.3, -0.25) is 14.5 Å². The summed E-state index contributed by atoms with van der Waals surface area (Å²) in [6.07, 6.45) is 0. The largest absolute Gasteiger partial charge is 0.507 e. The number of ketones is 1. The van der Waals surface area contributed by atoms with Crippen molar-refractivity contribution in [2.45, 2.75) is 33.7 Å². The van der Waals surface area contributed by atoms with Gasteiger partial charge in [0.1, 0.15) is 11.5 Å². The molecule has 3 aromatic carbocycles. The van der Waals surface area contributed by atoms with Gasteiger partial charge in [-0.05, 0) is 61.2 Å². The first kappa shape index (κ1) is 25.1. The molecule has 0 bridgehead atoms. The lowest BCUT2D eigenvalue weighted by atomic mass is 9.94. The number of carbonyl (C=O) groups is 2. The molecule has 0 aromatic heterocycles. The molecule has 1 saturated heterocycles. The molecular weight excluding hydrogens is 464 g/mol. The fraction of sp³-hybridized carbons (Fsp3) is 0.241. The van der Waals surface area contributed by atoms with E-state index in [9.17, 15) is 23.5 Å². The summed E-state index contributed by atoms with van der Waals surface area (Å²) < 4.78 is 33.5. The van der Waals surface area contributed by atoms with Gasteiger partial charge in [-0.25, -0.2) is 8.78 Å². The highest BCUT2D eigenvalue weighted by molar-refractivity contribution is 6.51. The van der Waals surface area contributed by atoms with Gasteiger partial charge in [0.25, 0.3) is 11.7 Å². The zero-order valence-corrected chi connectivity index (χ0v) is 20.5. The molecule has 1 aliphatic rings. The van der Waals surface area contributed by atoms with Crippen LogP contribution in [0.15, 0.2) is 66.2 Å². The highest BCUT2D eigenvalue weighted by Crippen LogP contribution is 2.43. The van der Waals surface area contributed by atoms with Crippen LogP contribution >= 0.6 is 0 Å². The first-order valence-corrected chi connectivity index (χ1v) is 11.6. The number of hydrogen-bond acceptors (Lipinski definition) is 4. The second kappa shape index (κ2) is 9.93. The third kappa shape index (κ3) is 4.73. The van der Waals surface area contributed by atoms with Crippen LogP contribution in [0.25, 0.3) is 5.76 Å². The predicted octanol–water partition coefficient (Wildman–Crippen LogP) is 6.24. The maximum atomic E-state index is 14.1. The van der Waals surface area contributed by atoms with Crippen molar-refractivity contribution in [1.82, 2.24) is 0 Å². The van der Waals surface area contributed by atoms with Gasteiger partial charge in [-0.15, -0.1) is 0 Å². The van der Waals surface area contributed by atoms with E-state index in [2.05, 4.69) is 0 Å². The van der Waals surface area contributed by atoms with Crippen LogP contribution in [0, 0.1) is 31.4 Å². The Hall–Kier alpha value is -4.00. The van der Waals surface area contributed by atoms with Gasteiger partial charge >= 0.3 is 0 Å². The average Bonchev–Trinajstić information content (AvgIpc) is 3.10. The smallest absolute Gasteiger partial charge is 0.300 e. The van der Waals surface area contributed by atoms with Crippen LogP contribution in [0.2, 0.25) is 0 Å². The molecule has 0 radical (unpaired) electrons. The Morgan fingerprint density at radius 3 is 2.39 bits per heavy atom. The van der Waals surface area contributed by atoms with Gasteiger partial charge in [0.05, 0.1) is 18.2 Å². The van der Waals surface area contributed by atoms with E-state index in [1.165, 1.54) is 6.07 Å². The van der Waals surface area contributed by atoms with Crippen molar-refractivity contribution in [3.8, 4) is 5.75 Å². The molecule has 4 rings (SSSR count). The fourth-order valence-electron chi connectivity index (χ4n) is 4.26. The zero-order chi connectivity index (χ0) is 26.1. The van der Waals surface area contributed by atoms with Crippen LogP contribution in [-0.2, 0) is 9.59 Å². The minimum Gasteiger partial charge on any atom is -0.507 e. The summed E-state index contributed by atoms with van der Waals surface area (Å²) in [5.74, 6) is -3.45. The van der Waals surface area contributed by atoms with Crippen molar-refractivity contribution in [2.24, 2.45) is 5.92 Å². The molecule has 0 saturated carbocycles. The standard InChI is InChI=1S/C29H27F2NO4/c1-16(2)15-36-24-11-8-20(13-18(24)4)27(33)25-26(19-7-5-6-17(3)12-19)32(29(35)28(25)34)21-9-10-22(30)23(31)14-21/h5-14,16,26,33H,15H2,1-4H3/b27-25+. The van der Waals surface area contributed by atoms with E-state index < -0.39 is 29.4 Å². The van der Waals surface area contributed by atoms with Crippen molar-refractivity contribution in [1.29, 1.82) is 0 Å². The lowest BCUT2D eigenvalue weighted by molar-refractivity contribution is -0.132. The summed E-state index contributed by atoms with van der Waals surface area (Å²) in [6.45, 7) is 8.27. The molecule has 1 atom stereocenters. The molecule has 0 aliphatic carbocycles. The Labute approximate surface area is 208 Å². The Balaban J connectivity index is 1.87. The number of carbonyl (C=O) groups excluding carboxylic acids is 2. The second-order valence-corrected chi connectivity index (χ2v) is 9.37. The fourth-order valence-corrected chi connectivity index (χ4v) is 4.26. The average molecular weight is 492 g/mol. The summed E-state index contributed by atoms with van der Waals surface area (Å²) in [4.78, 5) is 27.5. The van der Waals surface area contributed by atoms with Crippen LogP contribution < -0.4 is 9.64 Å². The molecule has 1 N–H and O–H groups in total. The molecule has 1 unspecified atom stereocenters. The minimum atomic E-state index is -1.15. The van der Waals surface area contributed by atoms with E-state index in [1.54, 1.807) is 36.4 Å². The maximum Gasteiger partial charge on any atom is 0.300 e. The van der Waals surface area contributed by atoms with E-state index >= 15 is 0 Å². The van der Waals surface area contributed by atoms with Gasteiger partial charge in [0.15, 0.2) is 11.6 Å². The van der Waals surface area contributed by atoms with Gasteiger partial charge in [-0.1, -0.05) is 43.7 Å². The Bertz CT molecular complexity index is 1380. The van der Waals surface area contributed by atoms with Gasteiger partial charge in [-0.2, -0.15) is 0 Å². The molecule has 0 spiro atoms. The third-order valence-corrected chi connectivity index (χ3v) is 6.00. The van der Waals surface area contributed by atoms with E-state index in [4.69, 9.17) is 4.74 Å². The number of rotatable bonds is 6. The molecule has 36 heavy (non-hydrogen) atoms. The third-order valence-electron chi connectivity index (χ3n) is 6.00. The van der Waals surface area contributed by atoms with Crippen molar-refractivity contribution < 1.29 is 28.2 Å². The van der Waals surface area contributed by atoms with Crippen LogP contribution in [-0.4, -0.2) is 23.4 Å². The highest BCUT2D eigenvalue weighted by Gasteiger charge is 2.47. The van der Waals surface area contributed by atoms with Crippen molar-refractivity contribution in [3.05, 3.63) is 100 Å². The summed E-state index contributed by atoms with van der Waals surface area (Å²) in [6, 6.07) is 14.1. The number of nitrogens with zero attached hydrogens (tertiary/aromatic N) is 1. The Kier molecular flexibility index (Phi) is 6.93. The van der Waals surface area contributed by atoms with Crippen LogP contribution in [0.4, 0.5) is 14.5 Å². The lowest BCUT2D eigenvalue weighted by Gasteiger charge is -2.26. The van der Waals surface area contributed by atoms with Crippen LogP contribution in [0.1, 0.15) is 42.1 Å². The molecule has 186 valence electrons. The molecule has 1 fully saturated rings. The number of aliphatic hydroxyl groups excluding tert-OH is 1. The normalized spacial score (nSPS) is 17.2. The topological polar surface area (TPSA) is 66.8 Å². The summed E-state index contributed by atoms with van der Waals surface area (Å²) >= 11 is 0. The van der Waals surface area contributed by atoms with Crippen molar-refractivity contribution in [2.75, 3.05) is 11.5 Å². The molecule has 7 heteroatoms. The number of amides is 1. The molecule has 1 heterocycles. The predicted molar refractivity (Wildman–Crippen MR) is 134 cm³/mol. The van der Waals surface area contributed by atoms with Crippen LogP contribution in [0.3, 0.4) is 0 Å². The SMILES string of the molecule is Cc1cccc(C2/C(=C(\O)c3ccc(OCC(C)C)c(C)c3)C(=O)C(=O)N2c2ccc(F)c(F)c2)c1. The maximum absolute atomic E-state index is 14.1.